The molecule has 1 aliphatic carbocycles. The van der Waals surface area contributed by atoms with Crippen molar-refractivity contribution in [2.75, 3.05) is 18.1 Å². The van der Waals surface area contributed by atoms with Gasteiger partial charge >= 0.3 is 0 Å². The van der Waals surface area contributed by atoms with Gasteiger partial charge in [0.05, 0.1) is 11.7 Å². The van der Waals surface area contributed by atoms with Gasteiger partial charge in [-0.3, -0.25) is 0 Å². The van der Waals surface area contributed by atoms with Crippen molar-refractivity contribution in [3.05, 3.63) is 17.3 Å². The highest BCUT2D eigenvalue weighted by atomic mass is 32.2. The highest BCUT2D eigenvalue weighted by Crippen LogP contribution is 2.27. The van der Waals surface area contributed by atoms with Crippen LogP contribution in [0.2, 0.25) is 0 Å². The van der Waals surface area contributed by atoms with Crippen LogP contribution in [0.15, 0.2) is 4.42 Å². The number of nitrogens with one attached hydrogen (secondary N) is 1. The van der Waals surface area contributed by atoms with Gasteiger partial charge < -0.3 is 9.73 Å². The SMILES string of the molecule is C1CCc2oc(C3CSCCN3)nc2C1. The molecule has 82 valence electrons. The van der Waals surface area contributed by atoms with E-state index in [4.69, 9.17) is 4.42 Å². The third-order valence-corrected chi connectivity index (χ3v) is 4.14. The average Bonchev–Trinajstić information content (AvgIpc) is 2.74. The van der Waals surface area contributed by atoms with E-state index in [1.54, 1.807) is 0 Å². The van der Waals surface area contributed by atoms with Gasteiger partial charge in [-0.05, 0) is 19.3 Å². The van der Waals surface area contributed by atoms with Crippen molar-refractivity contribution in [1.29, 1.82) is 0 Å². The maximum atomic E-state index is 5.86. The third kappa shape index (κ3) is 1.93. The van der Waals surface area contributed by atoms with Crippen molar-refractivity contribution in [1.82, 2.24) is 10.3 Å². The zero-order valence-electron chi connectivity index (χ0n) is 8.79. The number of hydrogen-bond donors (Lipinski definition) is 1. The molecule has 1 saturated heterocycles. The van der Waals surface area contributed by atoms with Gasteiger partial charge in [-0.2, -0.15) is 11.8 Å². The number of aryl methyl sites for hydroxylation is 2. The molecule has 1 fully saturated rings. The molecular formula is C11H16N2OS. The number of thioether (sulfide) groups is 1. The van der Waals surface area contributed by atoms with Gasteiger partial charge in [-0.1, -0.05) is 0 Å². The van der Waals surface area contributed by atoms with E-state index in [-0.39, 0.29) is 0 Å². The van der Waals surface area contributed by atoms with Crippen LogP contribution in [0.3, 0.4) is 0 Å². The van der Waals surface area contributed by atoms with Crippen LogP contribution in [-0.2, 0) is 12.8 Å². The van der Waals surface area contributed by atoms with E-state index in [1.165, 1.54) is 24.3 Å². The number of hydrogen-bond acceptors (Lipinski definition) is 4. The Kier molecular flexibility index (Phi) is 2.71. The van der Waals surface area contributed by atoms with Crippen molar-refractivity contribution in [2.45, 2.75) is 31.7 Å². The number of rotatable bonds is 1. The summed E-state index contributed by atoms with van der Waals surface area (Å²) in [5.74, 6) is 4.37. The molecule has 0 amide bonds. The molecule has 1 aromatic rings. The molecular weight excluding hydrogens is 208 g/mol. The van der Waals surface area contributed by atoms with Crippen LogP contribution >= 0.6 is 11.8 Å². The molecule has 2 heterocycles. The van der Waals surface area contributed by atoms with Crippen molar-refractivity contribution in [3.63, 3.8) is 0 Å². The molecule has 0 spiro atoms. The normalized spacial score (nSPS) is 26.3. The summed E-state index contributed by atoms with van der Waals surface area (Å²) in [6, 6.07) is 0.342. The van der Waals surface area contributed by atoms with E-state index in [2.05, 4.69) is 10.3 Å². The van der Waals surface area contributed by atoms with Crippen LogP contribution in [0, 0.1) is 0 Å². The van der Waals surface area contributed by atoms with Crippen LogP contribution in [0.5, 0.6) is 0 Å². The fourth-order valence-electron chi connectivity index (χ4n) is 2.25. The van der Waals surface area contributed by atoms with Gasteiger partial charge in [-0.15, -0.1) is 0 Å². The summed E-state index contributed by atoms with van der Waals surface area (Å²) in [7, 11) is 0. The maximum absolute atomic E-state index is 5.86. The summed E-state index contributed by atoms with van der Waals surface area (Å²) in [6.07, 6.45) is 4.72. The molecule has 0 saturated carbocycles. The number of oxazole rings is 1. The van der Waals surface area contributed by atoms with Crippen molar-refractivity contribution in [2.24, 2.45) is 0 Å². The minimum atomic E-state index is 0.342. The van der Waals surface area contributed by atoms with Gasteiger partial charge in [0, 0.05) is 24.5 Å². The highest BCUT2D eigenvalue weighted by molar-refractivity contribution is 7.99. The highest BCUT2D eigenvalue weighted by Gasteiger charge is 2.23. The Balaban J connectivity index is 1.82. The van der Waals surface area contributed by atoms with Crippen LogP contribution in [0.1, 0.15) is 36.2 Å². The average molecular weight is 224 g/mol. The Morgan fingerprint density at radius 3 is 3.07 bits per heavy atom. The molecule has 1 atom stereocenters. The molecule has 1 N–H and O–H groups in total. The molecule has 1 unspecified atom stereocenters. The molecule has 1 aromatic heterocycles. The van der Waals surface area contributed by atoms with Gasteiger partial charge in [0.15, 0.2) is 0 Å². The zero-order chi connectivity index (χ0) is 10.1. The fourth-order valence-corrected chi connectivity index (χ4v) is 3.17. The third-order valence-electron chi connectivity index (χ3n) is 3.08. The van der Waals surface area contributed by atoms with Crippen LogP contribution in [0.4, 0.5) is 0 Å². The van der Waals surface area contributed by atoms with Crippen molar-refractivity contribution >= 4 is 11.8 Å². The van der Waals surface area contributed by atoms with E-state index < -0.39 is 0 Å². The first kappa shape index (κ1) is 9.73. The lowest BCUT2D eigenvalue weighted by Gasteiger charge is -2.19. The van der Waals surface area contributed by atoms with E-state index in [9.17, 15) is 0 Å². The quantitative estimate of drug-likeness (QED) is 0.791. The summed E-state index contributed by atoms with van der Waals surface area (Å²) in [6.45, 7) is 1.07. The lowest BCUT2D eigenvalue weighted by Crippen LogP contribution is -2.30. The van der Waals surface area contributed by atoms with Gasteiger partial charge in [0.1, 0.15) is 5.76 Å². The summed E-state index contributed by atoms with van der Waals surface area (Å²) < 4.78 is 5.86. The molecule has 1 aliphatic heterocycles. The minimum absolute atomic E-state index is 0.342. The number of fused-ring (bicyclic) bond motifs is 1. The first-order chi connectivity index (χ1) is 7.43. The first-order valence-electron chi connectivity index (χ1n) is 5.73. The molecule has 4 heteroatoms. The van der Waals surface area contributed by atoms with E-state index >= 15 is 0 Å². The summed E-state index contributed by atoms with van der Waals surface area (Å²) >= 11 is 1.98. The topological polar surface area (TPSA) is 38.1 Å². The predicted molar refractivity (Wildman–Crippen MR) is 61.2 cm³/mol. The smallest absolute Gasteiger partial charge is 0.212 e. The summed E-state index contributed by atoms with van der Waals surface area (Å²) in [5.41, 5.74) is 1.22. The van der Waals surface area contributed by atoms with Gasteiger partial charge in [0.25, 0.3) is 0 Å². The molecule has 0 aromatic carbocycles. The predicted octanol–water partition coefficient (Wildman–Crippen LogP) is 1.93. The molecule has 0 radical (unpaired) electrons. The van der Waals surface area contributed by atoms with Crippen LogP contribution in [-0.4, -0.2) is 23.0 Å². The van der Waals surface area contributed by atoms with Crippen LogP contribution in [0.25, 0.3) is 0 Å². The fraction of sp³-hybridized carbons (Fsp3) is 0.727. The zero-order valence-corrected chi connectivity index (χ0v) is 9.61. The molecule has 0 bridgehead atoms. The second-order valence-electron chi connectivity index (χ2n) is 4.21. The Morgan fingerprint density at radius 1 is 1.33 bits per heavy atom. The van der Waals surface area contributed by atoms with E-state index in [1.807, 2.05) is 11.8 Å². The van der Waals surface area contributed by atoms with Gasteiger partial charge in [-0.25, -0.2) is 4.98 Å². The second-order valence-corrected chi connectivity index (χ2v) is 5.36. The second kappa shape index (κ2) is 4.18. The first-order valence-corrected chi connectivity index (χ1v) is 6.88. The summed E-state index contributed by atoms with van der Waals surface area (Å²) in [4.78, 5) is 4.63. The van der Waals surface area contributed by atoms with Crippen LogP contribution < -0.4 is 5.32 Å². The lowest BCUT2D eigenvalue weighted by atomic mass is 10.0. The number of nitrogens with zero attached hydrogens (tertiary/aromatic N) is 1. The Hall–Kier alpha value is -0.480. The molecule has 3 rings (SSSR count). The minimum Gasteiger partial charge on any atom is -0.444 e. The largest absolute Gasteiger partial charge is 0.444 e. The Labute approximate surface area is 94.0 Å². The van der Waals surface area contributed by atoms with Crippen molar-refractivity contribution in [3.8, 4) is 0 Å². The monoisotopic (exact) mass is 224 g/mol. The van der Waals surface area contributed by atoms with Gasteiger partial charge in [0.2, 0.25) is 5.89 Å². The molecule has 2 aliphatic rings. The van der Waals surface area contributed by atoms with E-state index in [0.717, 1.165) is 36.8 Å². The van der Waals surface area contributed by atoms with E-state index in [0.29, 0.717) is 6.04 Å². The number of aromatic nitrogens is 1. The van der Waals surface area contributed by atoms with Crippen molar-refractivity contribution < 1.29 is 4.42 Å². The lowest BCUT2D eigenvalue weighted by molar-refractivity contribution is 0.392. The molecule has 15 heavy (non-hydrogen) atoms. The standard InChI is InChI=1S/C11H16N2OS/c1-2-4-10-8(3-1)13-11(14-10)9-7-15-6-5-12-9/h9,12H,1-7H2. The Morgan fingerprint density at radius 2 is 2.27 bits per heavy atom. The maximum Gasteiger partial charge on any atom is 0.212 e. The summed E-state index contributed by atoms with van der Waals surface area (Å²) in [5, 5.41) is 3.47. The molecule has 3 nitrogen and oxygen atoms in total. The Bertz CT molecular complexity index is 321.